The molecule has 3 atom stereocenters. The molecule has 2 aliphatic rings. The predicted molar refractivity (Wildman–Crippen MR) is 123 cm³/mol. The molecular weight excluding hydrogens is 474 g/mol. The quantitative estimate of drug-likeness (QED) is 0.394. The third-order valence-electron chi connectivity index (χ3n) is 6.57. The predicted octanol–water partition coefficient (Wildman–Crippen LogP) is 4.96. The van der Waals surface area contributed by atoms with Gasteiger partial charge in [0.15, 0.2) is 11.2 Å². The average Bonchev–Trinajstić information content (AvgIpc) is 3.24. The Hall–Kier alpha value is -3.03. The number of aliphatic hydroxyl groups is 1. The van der Waals surface area contributed by atoms with Gasteiger partial charge < -0.3 is 24.5 Å². The third kappa shape index (κ3) is 2.64. The van der Waals surface area contributed by atoms with E-state index in [-0.39, 0.29) is 11.6 Å². The molecule has 0 radical (unpaired) electrons. The molecule has 0 spiro atoms. The Labute approximate surface area is 194 Å². The van der Waals surface area contributed by atoms with Gasteiger partial charge in [0, 0.05) is 28.9 Å². The molecule has 2 N–H and O–H groups in total. The average molecular weight is 496 g/mol. The maximum absolute atomic E-state index is 12.5. The highest BCUT2D eigenvalue weighted by molar-refractivity contribution is 9.10. The maximum atomic E-state index is 12.5. The van der Waals surface area contributed by atoms with Crippen LogP contribution < -0.4 is 14.2 Å². The summed E-state index contributed by atoms with van der Waals surface area (Å²) in [7, 11) is 3.08. The zero-order valence-electron chi connectivity index (χ0n) is 17.6. The second kappa shape index (κ2) is 7.53. The van der Waals surface area contributed by atoms with Gasteiger partial charge in [0.1, 0.15) is 17.2 Å². The number of methoxy groups -OCH3 is 2. The van der Waals surface area contributed by atoms with Crippen molar-refractivity contribution in [1.29, 1.82) is 0 Å². The van der Waals surface area contributed by atoms with E-state index in [0.717, 1.165) is 15.6 Å². The molecule has 3 aromatic rings. The highest BCUT2D eigenvalue weighted by Gasteiger charge is 2.73. The number of hydrogen-bond donors (Lipinski definition) is 2. The first-order chi connectivity index (χ1) is 15.5. The van der Waals surface area contributed by atoms with Crippen molar-refractivity contribution in [3.05, 3.63) is 87.9 Å². The lowest BCUT2D eigenvalue weighted by atomic mass is 9.71. The Morgan fingerprint density at radius 1 is 1.03 bits per heavy atom. The molecule has 32 heavy (non-hydrogen) atoms. The molecule has 1 aliphatic heterocycles. The van der Waals surface area contributed by atoms with Crippen LogP contribution in [-0.2, 0) is 11.2 Å². The van der Waals surface area contributed by atoms with Crippen molar-refractivity contribution in [2.24, 2.45) is 5.16 Å². The van der Waals surface area contributed by atoms with E-state index >= 15 is 0 Å². The molecule has 164 valence electrons. The van der Waals surface area contributed by atoms with Gasteiger partial charge in [0.05, 0.1) is 25.5 Å². The molecule has 1 saturated carbocycles. The molecule has 3 unspecified atom stereocenters. The third-order valence-corrected chi connectivity index (χ3v) is 7.10. The van der Waals surface area contributed by atoms with Crippen molar-refractivity contribution in [1.82, 2.24) is 0 Å². The standard InChI is InChI=1S/C25H22BrNO5/c1-30-18-12-20(31-2)23-21(13-18)32-25(16-8-10-17(26)11-9-16)19(15-6-4-3-5-7-15)14-22(27-29)24(23,25)28/h3-13,19,28-29H,14H2,1-2H3. The summed E-state index contributed by atoms with van der Waals surface area (Å²) in [4.78, 5) is 0. The van der Waals surface area contributed by atoms with Crippen molar-refractivity contribution in [3.8, 4) is 17.2 Å². The zero-order chi connectivity index (χ0) is 22.5. The lowest BCUT2D eigenvalue weighted by Crippen LogP contribution is -2.50. The van der Waals surface area contributed by atoms with E-state index in [9.17, 15) is 10.3 Å². The van der Waals surface area contributed by atoms with E-state index in [0.29, 0.717) is 29.2 Å². The lowest BCUT2D eigenvalue weighted by molar-refractivity contribution is -0.0754. The summed E-state index contributed by atoms with van der Waals surface area (Å²) in [5.74, 6) is 1.03. The summed E-state index contributed by atoms with van der Waals surface area (Å²) in [5, 5.41) is 26.1. The van der Waals surface area contributed by atoms with Gasteiger partial charge in [-0.2, -0.15) is 0 Å². The molecule has 1 aliphatic carbocycles. The molecule has 0 aromatic heterocycles. The van der Waals surface area contributed by atoms with Gasteiger partial charge in [-0.1, -0.05) is 63.6 Å². The molecule has 7 heteroatoms. The number of fused-ring (bicyclic) bond motifs is 3. The largest absolute Gasteiger partial charge is 0.496 e. The molecule has 5 rings (SSSR count). The van der Waals surface area contributed by atoms with Crippen LogP contribution in [0, 0.1) is 0 Å². The van der Waals surface area contributed by atoms with Gasteiger partial charge in [-0.15, -0.1) is 0 Å². The van der Waals surface area contributed by atoms with Crippen molar-refractivity contribution in [3.63, 3.8) is 0 Å². The van der Waals surface area contributed by atoms with Crippen LogP contribution in [0.2, 0.25) is 0 Å². The van der Waals surface area contributed by atoms with Gasteiger partial charge in [-0.25, -0.2) is 0 Å². The summed E-state index contributed by atoms with van der Waals surface area (Å²) in [6, 6.07) is 20.9. The first-order valence-corrected chi connectivity index (χ1v) is 11.0. The highest BCUT2D eigenvalue weighted by Crippen LogP contribution is 2.67. The lowest BCUT2D eigenvalue weighted by Gasteiger charge is -2.39. The first-order valence-electron chi connectivity index (χ1n) is 10.2. The Morgan fingerprint density at radius 3 is 2.38 bits per heavy atom. The van der Waals surface area contributed by atoms with Crippen LogP contribution in [0.15, 0.2) is 76.4 Å². The van der Waals surface area contributed by atoms with E-state index in [1.807, 2.05) is 54.6 Å². The summed E-state index contributed by atoms with van der Waals surface area (Å²) >= 11 is 3.49. The second-order valence-electron chi connectivity index (χ2n) is 7.97. The SMILES string of the molecule is COc1cc(OC)c2c(c1)OC1(c3ccc(Br)cc3)C(c3ccccc3)CC(=NO)C21O. The molecular formula is C25H22BrNO5. The number of halogens is 1. The molecule has 0 bridgehead atoms. The minimum atomic E-state index is -1.76. The summed E-state index contributed by atoms with van der Waals surface area (Å²) in [6.45, 7) is 0. The molecule has 6 nitrogen and oxygen atoms in total. The fraction of sp³-hybridized carbons (Fsp3) is 0.240. The van der Waals surface area contributed by atoms with Gasteiger partial charge >= 0.3 is 0 Å². The van der Waals surface area contributed by atoms with E-state index < -0.39 is 11.2 Å². The van der Waals surface area contributed by atoms with Crippen LogP contribution >= 0.6 is 15.9 Å². The fourth-order valence-corrected chi connectivity index (χ4v) is 5.46. The smallest absolute Gasteiger partial charge is 0.183 e. The van der Waals surface area contributed by atoms with Gasteiger partial charge in [0.2, 0.25) is 0 Å². The summed E-state index contributed by atoms with van der Waals surface area (Å²) < 4.78 is 18.7. The van der Waals surface area contributed by atoms with Crippen molar-refractivity contribution in [2.45, 2.75) is 23.5 Å². The molecule has 0 amide bonds. The normalized spacial score (nSPS) is 27.0. The van der Waals surface area contributed by atoms with Crippen LogP contribution in [0.4, 0.5) is 0 Å². The van der Waals surface area contributed by atoms with Gasteiger partial charge in [-0.3, -0.25) is 0 Å². The molecule has 1 fully saturated rings. The highest BCUT2D eigenvalue weighted by atomic mass is 79.9. The Morgan fingerprint density at radius 2 is 1.75 bits per heavy atom. The summed E-state index contributed by atoms with van der Waals surface area (Å²) in [6.07, 6.45) is 0.307. The van der Waals surface area contributed by atoms with Crippen LogP contribution in [0.3, 0.4) is 0 Å². The number of nitrogens with zero attached hydrogens (tertiary/aromatic N) is 1. The molecule has 0 saturated heterocycles. The maximum Gasteiger partial charge on any atom is 0.183 e. The fourth-order valence-electron chi connectivity index (χ4n) is 5.20. The number of benzene rings is 3. The summed E-state index contributed by atoms with van der Waals surface area (Å²) in [5.41, 5.74) is -0.674. The van der Waals surface area contributed by atoms with Crippen LogP contribution in [0.5, 0.6) is 17.2 Å². The molecule has 3 aromatic carbocycles. The number of rotatable bonds is 4. The first kappa shape index (κ1) is 20.8. The minimum Gasteiger partial charge on any atom is -0.496 e. The van der Waals surface area contributed by atoms with E-state index in [2.05, 4.69) is 21.1 Å². The Bertz CT molecular complexity index is 1200. The van der Waals surface area contributed by atoms with Crippen molar-refractivity contribution in [2.75, 3.05) is 14.2 Å². The van der Waals surface area contributed by atoms with Crippen LogP contribution in [0.25, 0.3) is 0 Å². The van der Waals surface area contributed by atoms with Crippen LogP contribution in [-0.4, -0.2) is 30.2 Å². The molecule has 1 heterocycles. The topological polar surface area (TPSA) is 80.5 Å². The monoisotopic (exact) mass is 495 g/mol. The van der Waals surface area contributed by atoms with E-state index in [4.69, 9.17) is 14.2 Å². The minimum absolute atomic E-state index is 0.219. The van der Waals surface area contributed by atoms with E-state index in [1.54, 1.807) is 19.2 Å². The Kier molecular flexibility index (Phi) is 4.91. The zero-order valence-corrected chi connectivity index (χ0v) is 19.2. The van der Waals surface area contributed by atoms with Crippen LogP contribution in [0.1, 0.15) is 29.0 Å². The van der Waals surface area contributed by atoms with Crippen molar-refractivity contribution < 1.29 is 24.5 Å². The number of ether oxygens (including phenoxy) is 3. The number of oxime groups is 1. The van der Waals surface area contributed by atoms with E-state index in [1.165, 1.54) is 7.11 Å². The van der Waals surface area contributed by atoms with Crippen molar-refractivity contribution >= 4 is 21.6 Å². The number of hydrogen-bond acceptors (Lipinski definition) is 6. The van der Waals surface area contributed by atoms with Gasteiger partial charge in [0.25, 0.3) is 0 Å². The van der Waals surface area contributed by atoms with Gasteiger partial charge in [-0.05, 0) is 23.3 Å². The second-order valence-corrected chi connectivity index (χ2v) is 8.89. The Balaban J connectivity index is 1.86.